The highest BCUT2D eigenvalue weighted by molar-refractivity contribution is 14.1. The first-order valence-electron chi connectivity index (χ1n) is 4.59. The Kier molecular flexibility index (Phi) is 3.45. The number of aromatic nitrogens is 2. The molecule has 0 bridgehead atoms. The summed E-state index contributed by atoms with van der Waals surface area (Å²) in [5, 5.41) is 10.0. The maximum Gasteiger partial charge on any atom is 0.257 e. The van der Waals surface area contributed by atoms with Gasteiger partial charge in [0.05, 0.1) is 18.0 Å². The van der Waals surface area contributed by atoms with Crippen LogP contribution in [0.3, 0.4) is 0 Å². The molecule has 4 nitrogen and oxygen atoms in total. The Morgan fingerprint density at radius 3 is 2.50 bits per heavy atom. The van der Waals surface area contributed by atoms with E-state index in [1.165, 1.54) is 12.4 Å². The third-order valence-electron chi connectivity index (χ3n) is 1.95. The molecule has 5 heteroatoms. The Bertz CT molecular complexity index is 484. The molecule has 0 aliphatic heterocycles. The van der Waals surface area contributed by atoms with Gasteiger partial charge in [-0.2, -0.15) is 10.2 Å². The molecule has 0 fully saturated rings. The quantitative estimate of drug-likeness (QED) is 0.863. The molecular formula is C11H8IN3O. The van der Waals surface area contributed by atoms with Crippen molar-refractivity contribution in [1.29, 1.82) is 0 Å². The second-order valence-electron chi connectivity index (χ2n) is 3.09. The minimum Gasteiger partial charge on any atom is -0.322 e. The van der Waals surface area contributed by atoms with E-state index in [2.05, 4.69) is 38.1 Å². The SMILES string of the molecule is O=C(Nc1ccc(I)cc1)c1ccnnc1. The first kappa shape index (κ1) is 11.0. The van der Waals surface area contributed by atoms with Gasteiger partial charge in [0.2, 0.25) is 0 Å². The summed E-state index contributed by atoms with van der Waals surface area (Å²) in [5.41, 5.74) is 1.26. The van der Waals surface area contributed by atoms with E-state index in [-0.39, 0.29) is 5.91 Å². The summed E-state index contributed by atoms with van der Waals surface area (Å²) in [6, 6.07) is 9.19. The zero-order chi connectivity index (χ0) is 11.4. The zero-order valence-corrected chi connectivity index (χ0v) is 10.4. The van der Waals surface area contributed by atoms with Crippen LogP contribution in [-0.2, 0) is 0 Å². The first-order chi connectivity index (χ1) is 7.75. The predicted molar refractivity (Wildman–Crippen MR) is 69.1 cm³/mol. The number of anilines is 1. The average Bonchev–Trinajstić information content (AvgIpc) is 2.33. The number of rotatable bonds is 2. The third kappa shape index (κ3) is 2.75. The van der Waals surface area contributed by atoms with Crippen LogP contribution in [0.2, 0.25) is 0 Å². The molecule has 0 radical (unpaired) electrons. The van der Waals surface area contributed by atoms with E-state index in [1.54, 1.807) is 6.07 Å². The van der Waals surface area contributed by atoms with Crippen LogP contribution >= 0.6 is 22.6 Å². The van der Waals surface area contributed by atoms with Gasteiger partial charge in [0, 0.05) is 9.26 Å². The zero-order valence-electron chi connectivity index (χ0n) is 8.22. The normalized spacial score (nSPS) is 9.81. The Morgan fingerprint density at radius 2 is 1.88 bits per heavy atom. The lowest BCUT2D eigenvalue weighted by molar-refractivity contribution is 0.102. The van der Waals surface area contributed by atoms with Gasteiger partial charge in [-0.25, -0.2) is 0 Å². The number of hydrogen-bond acceptors (Lipinski definition) is 3. The third-order valence-corrected chi connectivity index (χ3v) is 2.67. The molecular weight excluding hydrogens is 317 g/mol. The monoisotopic (exact) mass is 325 g/mol. The molecule has 1 aromatic carbocycles. The van der Waals surface area contributed by atoms with Gasteiger partial charge in [-0.15, -0.1) is 0 Å². The van der Waals surface area contributed by atoms with Gasteiger partial charge in [0.15, 0.2) is 0 Å². The van der Waals surface area contributed by atoms with Crippen molar-refractivity contribution in [3.8, 4) is 0 Å². The van der Waals surface area contributed by atoms with Gasteiger partial charge in [-0.1, -0.05) is 0 Å². The Morgan fingerprint density at radius 1 is 1.12 bits per heavy atom. The highest BCUT2D eigenvalue weighted by Gasteiger charge is 2.05. The fraction of sp³-hybridized carbons (Fsp3) is 0. The molecule has 1 amide bonds. The summed E-state index contributed by atoms with van der Waals surface area (Å²) in [7, 11) is 0. The Hall–Kier alpha value is -1.50. The van der Waals surface area contributed by atoms with Crippen LogP contribution in [0.15, 0.2) is 42.7 Å². The van der Waals surface area contributed by atoms with Gasteiger partial charge < -0.3 is 5.32 Å². The van der Waals surface area contributed by atoms with E-state index in [0.29, 0.717) is 5.56 Å². The topological polar surface area (TPSA) is 54.9 Å². The lowest BCUT2D eigenvalue weighted by Crippen LogP contribution is -2.12. The van der Waals surface area contributed by atoms with Crippen LogP contribution < -0.4 is 5.32 Å². The molecule has 0 spiro atoms. The second kappa shape index (κ2) is 5.02. The van der Waals surface area contributed by atoms with E-state index in [4.69, 9.17) is 0 Å². The maximum absolute atomic E-state index is 11.7. The van der Waals surface area contributed by atoms with Crippen molar-refractivity contribution < 1.29 is 4.79 Å². The minimum atomic E-state index is -0.184. The van der Waals surface area contributed by atoms with Gasteiger partial charge in [0.25, 0.3) is 5.91 Å². The number of halogens is 1. The lowest BCUT2D eigenvalue weighted by Gasteiger charge is -2.04. The van der Waals surface area contributed by atoms with Gasteiger partial charge in [-0.05, 0) is 52.9 Å². The number of hydrogen-bond donors (Lipinski definition) is 1. The summed E-state index contributed by atoms with van der Waals surface area (Å²) in [5.74, 6) is -0.184. The number of amides is 1. The number of nitrogens with zero attached hydrogens (tertiary/aromatic N) is 2. The molecule has 2 aromatic rings. The van der Waals surface area contributed by atoms with Crippen molar-refractivity contribution in [2.75, 3.05) is 5.32 Å². The summed E-state index contributed by atoms with van der Waals surface area (Å²) in [6.45, 7) is 0. The van der Waals surface area contributed by atoms with Gasteiger partial charge >= 0.3 is 0 Å². The van der Waals surface area contributed by atoms with Crippen LogP contribution in [0.25, 0.3) is 0 Å². The highest BCUT2D eigenvalue weighted by atomic mass is 127. The molecule has 0 atom stereocenters. The maximum atomic E-state index is 11.7. The standard InChI is InChI=1S/C11H8IN3O/c12-9-1-3-10(4-2-9)15-11(16)8-5-6-13-14-7-8/h1-7H,(H,15,16). The second-order valence-corrected chi connectivity index (χ2v) is 4.34. The van der Waals surface area contributed by atoms with Crippen LogP contribution in [0, 0.1) is 3.57 Å². The molecule has 0 saturated carbocycles. The van der Waals surface area contributed by atoms with Crippen molar-refractivity contribution in [3.05, 3.63) is 51.9 Å². The molecule has 0 aliphatic carbocycles. The fourth-order valence-electron chi connectivity index (χ4n) is 1.16. The van der Waals surface area contributed by atoms with E-state index in [1.807, 2.05) is 24.3 Å². The number of benzene rings is 1. The molecule has 1 N–H and O–H groups in total. The van der Waals surface area contributed by atoms with Crippen molar-refractivity contribution in [2.45, 2.75) is 0 Å². The summed E-state index contributed by atoms with van der Waals surface area (Å²) in [6.07, 6.45) is 2.92. The minimum absolute atomic E-state index is 0.184. The van der Waals surface area contributed by atoms with Gasteiger partial charge in [-0.3, -0.25) is 4.79 Å². The van der Waals surface area contributed by atoms with Crippen LogP contribution in [0.1, 0.15) is 10.4 Å². The summed E-state index contributed by atoms with van der Waals surface area (Å²) in [4.78, 5) is 11.7. The predicted octanol–water partition coefficient (Wildman–Crippen LogP) is 2.33. The molecule has 0 saturated heterocycles. The van der Waals surface area contributed by atoms with Crippen molar-refractivity contribution >= 4 is 34.2 Å². The molecule has 1 heterocycles. The molecule has 16 heavy (non-hydrogen) atoms. The summed E-state index contributed by atoms with van der Waals surface area (Å²) < 4.78 is 1.13. The number of carbonyl (C=O) groups excluding carboxylic acids is 1. The van der Waals surface area contributed by atoms with E-state index < -0.39 is 0 Å². The highest BCUT2D eigenvalue weighted by Crippen LogP contribution is 2.12. The Labute approximate surface area is 106 Å². The molecule has 1 aromatic heterocycles. The molecule has 0 unspecified atom stereocenters. The number of nitrogens with one attached hydrogen (secondary N) is 1. The molecule has 2 rings (SSSR count). The largest absolute Gasteiger partial charge is 0.322 e. The molecule has 0 aliphatic rings. The smallest absolute Gasteiger partial charge is 0.257 e. The number of carbonyl (C=O) groups is 1. The average molecular weight is 325 g/mol. The van der Waals surface area contributed by atoms with Crippen molar-refractivity contribution in [3.63, 3.8) is 0 Å². The summed E-state index contributed by atoms with van der Waals surface area (Å²) >= 11 is 2.21. The van der Waals surface area contributed by atoms with E-state index >= 15 is 0 Å². The van der Waals surface area contributed by atoms with Crippen LogP contribution in [0.4, 0.5) is 5.69 Å². The van der Waals surface area contributed by atoms with Crippen molar-refractivity contribution in [2.24, 2.45) is 0 Å². The first-order valence-corrected chi connectivity index (χ1v) is 5.67. The van der Waals surface area contributed by atoms with E-state index in [0.717, 1.165) is 9.26 Å². The lowest BCUT2D eigenvalue weighted by atomic mass is 10.2. The van der Waals surface area contributed by atoms with Crippen molar-refractivity contribution in [1.82, 2.24) is 10.2 Å². The van der Waals surface area contributed by atoms with E-state index in [9.17, 15) is 4.79 Å². The molecule has 80 valence electrons. The Balaban J connectivity index is 2.11. The van der Waals surface area contributed by atoms with Gasteiger partial charge in [0.1, 0.15) is 0 Å². The fourth-order valence-corrected chi connectivity index (χ4v) is 1.52. The van der Waals surface area contributed by atoms with Crippen LogP contribution in [0.5, 0.6) is 0 Å². The van der Waals surface area contributed by atoms with Crippen LogP contribution in [-0.4, -0.2) is 16.1 Å².